The van der Waals surface area contributed by atoms with Crippen molar-refractivity contribution in [3.05, 3.63) is 57.0 Å². The van der Waals surface area contributed by atoms with E-state index in [0.29, 0.717) is 4.47 Å². The van der Waals surface area contributed by atoms with Gasteiger partial charge in [-0.05, 0) is 30.3 Å². The van der Waals surface area contributed by atoms with Crippen LogP contribution in [0.3, 0.4) is 0 Å². The third-order valence-corrected chi connectivity index (χ3v) is 3.51. The first-order valence-electron chi connectivity index (χ1n) is 5.72. The molecule has 2 aromatic carbocycles. The van der Waals surface area contributed by atoms with Gasteiger partial charge in [0.25, 0.3) is 5.91 Å². The Balaban J connectivity index is 2.34. The lowest BCUT2D eigenvalue weighted by Gasteiger charge is -2.10. The van der Waals surface area contributed by atoms with Crippen molar-refractivity contribution >= 4 is 45.1 Å². The lowest BCUT2D eigenvalue weighted by molar-refractivity contribution is 0.0693. The molecule has 0 aliphatic rings. The Bertz CT molecular complexity index is 733. The highest BCUT2D eigenvalue weighted by molar-refractivity contribution is 9.10. The van der Waals surface area contributed by atoms with Gasteiger partial charge in [-0.2, -0.15) is 0 Å². The zero-order valence-electron chi connectivity index (χ0n) is 10.4. The molecule has 7 heteroatoms. The summed E-state index contributed by atoms with van der Waals surface area (Å²) in [5.41, 5.74) is -0.102. The van der Waals surface area contributed by atoms with Gasteiger partial charge in [-0.25, -0.2) is 4.79 Å². The number of benzene rings is 2. The fourth-order valence-corrected chi connectivity index (χ4v) is 2.24. The number of anilines is 1. The highest BCUT2D eigenvalue weighted by Gasteiger charge is 2.17. The number of para-hydroxylation sites is 1. The van der Waals surface area contributed by atoms with E-state index in [2.05, 4.69) is 21.2 Å². The second-order valence-electron chi connectivity index (χ2n) is 4.09. The first kappa shape index (κ1) is 15.3. The van der Waals surface area contributed by atoms with Crippen molar-refractivity contribution in [1.29, 1.82) is 0 Å². The summed E-state index contributed by atoms with van der Waals surface area (Å²) in [5.74, 6) is -2.35. The van der Waals surface area contributed by atoms with Gasteiger partial charge in [-0.15, -0.1) is 0 Å². The number of nitrogens with one attached hydrogen (secondary N) is 1. The van der Waals surface area contributed by atoms with E-state index in [1.165, 1.54) is 24.3 Å². The molecule has 0 unspecified atom stereocenters. The minimum absolute atomic E-state index is 0.00376. The number of carbonyl (C=O) groups is 2. The molecule has 1 amide bonds. The van der Waals surface area contributed by atoms with E-state index in [9.17, 15) is 14.7 Å². The summed E-state index contributed by atoms with van der Waals surface area (Å²) < 4.78 is 0.667. The number of rotatable bonds is 3. The van der Waals surface area contributed by atoms with Gasteiger partial charge in [0.15, 0.2) is 5.75 Å². The van der Waals surface area contributed by atoms with Crippen molar-refractivity contribution in [2.75, 3.05) is 5.32 Å². The number of carboxylic acid groups (broad SMARTS) is 1. The highest BCUT2D eigenvalue weighted by Crippen LogP contribution is 2.29. The van der Waals surface area contributed by atoms with E-state index in [0.717, 1.165) is 0 Å². The molecule has 0 saturated heterocycles. The van der Waals surface area contributed by atoms with Crippen LogP contribution in [0.5, 0.6) is 5.75 Å². The molecule has 0 fully saturated rings. The predicted molar refractivity (Wildman–Crippen MR) is 82.2 cm³/mol. The summed E-state index contributed by atoms with van der Waals surface area (Å²) in [4.78, 5) is 23.1. The Kier molecular flexibility index (Phi) is 4.50. The van der Waals surface area contributed by atoms with Gasteiger partial charge in [0.05, 0.1) is 16.3 Å². The Morgan fingerprint density at radius 2 is 1.86 bits per heavy atom. The highest BCUT2D eigenvalue weighted by atomic mass is 79.9. The molecule has 0 atom stereocenters. The molecule has 0 aliphatic carbocycles. The van der Waals surface area contributed by atoms with Gasteiger partial charge in [-0.3, -0.25) is 4.79 Å². The monoisotopic (exact) mass is 369 g/mol. The second-order valence-corrected chi connectivity index (χ2v) is 5.41. The molecular weight excluding hydrogens is 362 g/mol. The van der Waals surface area contributed by atoms with Crippen LogP contribution in [0.15, 0.2) is 40.9 Å². The van der Waals surface area contributed by atoms with Crippen molar-refractivity contribution in [2.24, 2.45) is 0 Å². The molecule has 3 N–H and O–H groups in total. The molecule has 0 bridgehead atoms. The zero-order valence-corrected chi connectivity index (χ0v) is 12.8. The number of halogens is 2. The topological polar surface area (TPSA) is 86.6 Å². The minimum Gasteiger partial charge on any atom is -0.505 e. The Morgan fingerprint density at radius 1 is 1.14 bits per heavy atom. The smallest absolute Gasteiger partial charge is 0.339 e. The van der Waals surface area contributed by atoms with Gasteiger partial charge in [-0.1, -0.05) is 33.6 Å². The number of carboxylic acids is 1. The molecule has 0 saturated carbocycles. The number of phenols is 1. The standard InChI is InChI=1S/C14H9BrClNO4/c15-7-4-5-10(16)9(6-7)13(19)17-11-3-1-2-8(12(11)18)14(20)21/h1-6,18H,(H,17,19)(H,20,21). The maximum absolute atomic E-state index is 12.1. The largest absolute Gasteiger partial charge is 0.505 e. The third kappa shape index (κ3) is 3.34. The number of carbonyl (C=O) groups excluding carboxylic acids is 1. The Morgan fingerprint density at radius 3 is 2.52 bits per heavy atom. The molecule has 5 nitrogen and oxygen atoms in total. The predicted octanol–water partition coefficient (Wildman–Crippen LogP) is 3.76. The van der Waals surface area contributed by atoms with Gasteiger partial charge >= 0.3 is 5.97 Å². The van der Waals surface area contributed by atoms with Crippen molar-refractivity contribution in [2.45, 2.75) is 0 Å². The van der Waals surface area contributed by atoms with E-state index in [-0.39, 0.29) is 21.8 Å². The first-order valence-corrected chi connectivity index (χ1v) is 6.89. The first-order chi connectivity index (χ1) is 9.90. The Hall–Kier alpha value is -2.05. The number of aromatic hydroxyl groups is 1. The molecule has 2 aromatic rings. The molecule has 0 spiro atoms. The average Bonchev–Trinajstić information content (AvgIpc) is 2.43. The molecular formula is C14H9BrClNO4. The van der Waals surface area contributed by atoms with Gasteiger partial charge in [0.1, 0.15) is 5.56 Å². The van der Waals surface area contributed by atoms with E-state index in [1.807, 2.05) is 0 Å². The molecule has 2 rings (SSSR count). The van der Waals surface area contributed by atoms with Crippen molar-refractivity contribution < 1.29 is 19.8 Å². The van der Waals surface area contributed by atoms with Crippen molar-refractivity contribution in [1.82, 2.24) is 0 Å². The summed E-state index contributed by atoms with van der Waals surface area (Å²) in [6, 6.07) is 8.80. The molecule has 108 valence electrons. The molecule has 0 aliphatic heterocycles. The van der Waals surface area contributed by atoms with Crippen LogP contribution in [-0.2, 0) is 0 Å². The second kappa shape index (κ2) is 6.15. The van der Waals surface area contributed by atoms with E-state index < -0.39 is 17.6 Å². The SMILES string of the molecule is O=C(Nc1cccc(C(=O)O)c1O)c1cc(Br)ccc1Cl. The lowest BCUT2D eigenvalue weighted by Crippen LogP contribution is -2.13. The van der Waals surface area contributed by atoms with Crippen LogP contribution in [0, 0.1) is 0 Å². The van der Waals surface area contributed by atoms with Crippen LogP contribution in [0.2, 0.25) is 5.02 Å². The van der Waals surface area contributed by atoms with Gasteiger partial charge < -0.3 is 15.5 Å². The number of aromatic carboxylic acids is 1. The van der Waals surface area contributed by atoms with E-state index >= 15 is 0 Å². The maximum atomic E-state index is 12.1. The fourth-order valence-electron chi connectivity index (χ4n) is 1.68. The van der Waals surface area contributed by atoms with Crippen LogP contribution in [0.4, 0.5) is 5.69 Å². The van der Waals surface area contributed by atoms with E-state index in [4.69, 9.17) is 16.7 Å². The van der Waals surface area contributed by atoms with Crippen LogP contribution in [-0.4, -0.2) is 22.1 Å². The van der Waals surface area contributed by atoms with Crippen LogP contribution in [0.25, 0.3) is 0 Å². The number of amides is 1. The molecule has 0 aromatic heterocycles. The number of hydrogen-bond donors (Lipinski definition) is 3. The van der Waals surface area contributed by atoms with Gasteiger partial charge in [0, 0.05) is 4.47 Å². The Labute approximate surface area is 133 Å². The quantitative estimate of drug-likeness (QED) is 0.718. The van der Waals surface area contributed by atoms with E-state index in [1.54, 1.807) is 12.1 Å². The molecule has 0 radical (unpaired) electrons. The van der Waals surface area contributed by atoms with Crippen LogP contribution in [0.1, 0.15) is 20.7 Å². The summed E-state index contributed by atoms with van der Waals surface area (Å²) in [7, 11) is 0. The van der Waals surface area contributed by atoms with Gasteiger partial charge in [0.2, 0.25) is 0 Å². The third-order valence-electron chi connectivity index (χ3n) is 2.69. The maximum Gasteiger partial charge on any atom is 0.339 e. The normalized spacial score (nSPS) is 10.2. The lowest BCUT2D eigenvalue weighted by atomic mass is 10.1. The summed E-state index contributed by atoms with van der Waals surface area (Å²) in [6.07, 6.45) is 0. The fraction of sp³-hybridized carbons (Fsp3) is 0. The molecule has 0 heterocycles. The van der Waals surface area contributed by atoms with Crippen molar-refractivity contribution in [3.63, 3.8) is 0 Å². The zero-order chi connectivity index (χ0) is 15.6. The van der Waals surface area contributed by atoms with Crippen molar-refractivity contribution in [3.8, 4) is 5.75 Å². The molecule has 21 heavy (non-hydrogen) atoms. The summed E-state index contributed by atoms with van der Waals surface area (Å²) >= 11 is 9.17. The minimum atomic E-state index is -1.29. The van der Waals surface area contributed by atoms with Crippen LogP contribution < -0.4 is 5.32 Å². The number of hydrogen-bond acceptors (Lipinski definition) is 3. The summed E-state index contributed by atoms with van der Waals surface area (Å²) in [6.45, 7) is 0. The summed E-state index contributed by atoms with van der Waals surface area (Å²) in [5, 5.41) is 21.4. The van der Waals surface area contributed by atoms with Crippen LogP contribution >= 0.6 is 27.5 Å². The average molecular weight is 371 g/mol.